The third kappa shape index (κ3) is 2.40. The number of fused-ring (bicyclic) bond motifs is 2. The molecule has 0 bridgehead atoms. The van der Waals surface area contributed by atoms with Gasteiger partial charge in [-0.05, 0) is 23.6 Å². The van der Waals surface area contributed by atoms with Crippen LogP contribution in [0, 0.1) is 0 Å². The highest BCUT2D eigenvalue weighted by Gasteiger charge is 2.17. The first-order valence-corrected chi connectivity index (χ1v) is 7.11. The molecule has 118 valence electrons. The minimum Gasteiger partial charge on any atom is -0.478 e. The number of hydrogen-bond donors (Lipinski definition) is 2. The Bertz CT molecular complexity index is 992. The molecule has 0 aliphatic rings. The molecule has 3 rings (SSSR count). The Balaban J connectivity index is 2.41. The normalized spacial score (nSPS) is 11.3. The molecule has 0 saturated carbocycles. The molecule has 0 unspecified atom stereocenters. The van der Waals surface area contributed by atoms with E-state index in [1.54, 1.807) is 19.3 Å². The van der Waals surface area contributed by atoms with Gasteiger partial charge in [-0.2, -0.15) is 4.98 Å². The zero-order chi connectivity index (χ0) is 16.7. The van der Waals surface area contributed by atoms with Crippen LogP contribution in [0.2, 0.25) is 0 Å². The topological polar surface area (TPSA) is 105 Å². The summed E-state index contributed by atoms with van der Waals surface area (Å²) >= 11 is 0. The van der Waals surface area contributed by atoms with Crippen LogP contribution in [0.25, 0.3) is 22.2 Å². The number of nitrogens with one attached hydrogen (secondary N) is 1. The second-order valence-corrected chi connectivity index (χ2v) is 5.50. The Labute approximate surface area is 131 Å². The Morgan fingerprint density at radius 1 is 1.26 bits per heavy atom. The maximum atomic E-state index is 12.7. The highest BCUT2D eigenvalue weighted by Crippen LogP contribution is 2.23. The van der Waals surface area contributed by atoms with Gasteiger partial charge in [0.15, 0.2) is 0 Å². The molecule has 3 aromatic rings. The molecule has 0 fully saturated rings. The van der Waals surface area contributed by atoms with Crippen molar-refractivity contribution in [3.05, 3.63) is 39.7 Å². The van der Waals surface area contributed by atoms with E-state index in [9.17, 15) is 14.7 Å². The van der Waals surface area contributed by atoms with Crippen LogP contribution in [0.4, 0.5) is 5.82 Å². The smallest absolute Gasteiger partial charge is 0.339 e. The van der Waals surface area contributed by atoms with Gasteiger partial charge < -0.3 is 14.8 Å². The van der Waals surface area contributed by atoms with Crippen LogP contribution in [0.5, 0.6) is 0 Å². The molecule has 7 heteroatoms. The van der Waals surface area contributed by atoms with Gasteiger partial charge in [-0.1, -0.05) is 13.8 Å². The Kier molecular flexibility index (Phi) is 3.48. The first-order valence-electron chi connectivity index (χ1n) is 7.11. The van der Waals surface area contributed by atoms with Gasteiger partial charge in [-0.15, -0.1) is 0 Å². The summed E-state index contributed by atoms with van der Waals surface area (Å²) in [5.74, 6) is -0.829. The van der Waals surface area contributed by atoms with Crippen molar-refractivity contribution in [2.24, 2.45) is 0 Å². The number of anilines is 1. The predicted molar refractivity (Wildman–Crippen MR) is 86.2 cm³/mol. The maximum absolute atomic E-state index is 12.7. The lowest BCUT2D eigenvalue weighted by molar-refractivity contribution is 0.0698. The molecule has 0 spiro atoms. The van der Waals surface area contributed by atoms with Crippen LogP contribution in [0.15, 0.2) is 27.5 Å². The lowest BCUT2D eigenvalue weighted by atomic mass is 10.0. The zero-order valence-electron chi connectivity index (χ0n) is 12.9. The van der Waals surface area contributed by atoms with Crippen LogP contribution in [-0.4, -0.2) is 28.1 Å². The van der Waals surface area contributed by atoms with Crippen molar-refractivity contribution in [1.82, 2.24) is 9.97 Å². The van der Waals surface area contributed by atoms with Gasteiger partial charge in [0.2, 0.25) is 16.9 Å². The number of carbonyl (C=O) groups is 1. The molecule has 0 atom stereocenters. The Morgan fingerprint density at radius 2 is 1.96 bits per heavy atom. The molecule has 23 heavy (non-hydrogen) atoms. The van der Waals surface area contributed by atoms with Gasteiger partial charge in [0.05, 0.1) is 10.8 Å². The predicted octanol–water partition coefficient (Wildman–Crippen LogP) is 2.60. The van der Waals surface area contributed by atoms with E-state index in [0.29, 0.717) is 5.39 Å². The van der Waals surface area contributed by atoms with E-state index in [1.165, 1.54) is 6.07 Å². The molecule has 0 aromatic carbocycles. The molecule has 0 saturated heterocycles. The second kappa shape index (κ2) is 5.35. The fourth-order valence-corrected chi connectivity index (χ4v) is 2.36. The van der Waals surface area contributed by atoms with Gasteiger partial charge in [-0.25, -0.2) is 9.78 Å². The van der Waals surface area contributed by atoms with Crippen LogP contribution >= 0.6 is 0 Å². The number of aromatic nitrogens is 2. The van der Waals surface area contributed by atoms with Crippen LogP contribution in [0.3, 0.4) is 0 Å². The van der Waals surface area contributed by atoms with Crippen molar-refractivity contribution in [1.29, 1.82) is 0 Å². The van der Waals surface area contributed by atoms with Crippen LogP contribution < -0.4 is 10.7 Å². The molecule has 0 aliphatic heterocycles. The highest BCUT2D eigenvalue weighted by molar-refractivity contribution is 5.98. The summed E-state index contributed by atoms with van der Waals surface area (Å²) in [5, 5.41) is 12.4. The number of rotatable bonds is 3. The number of carboxylic acid groups (broad SMARTS) is 1. The number of nitrogens with zero attached hydrogens (tertiary/aromatic N) is 2. The van der Waals surface area contributed by atoms with Gasteiger partial charge >= 0.3 is 5.97 Å². The molecule has 3 heterocycles. The minimum atomic E-state index is -1.17. The lowest BCUT2D eigenvalue weighted by Gasteiger charge is -2.08. The fourth-order valence-electron chi connectivity index (χ4n) is 2.36. The second-order valence-electron chi connectivity index (χ2n) is 5.50. The molecule has 0 aliphatic carbocycles. The molecule has 2 N–H and O–H groups in total. The summed E-state index contributed by atoms with van der Waals surface area (Å²) in [4.78, 5) is 32.3. The van der Waals surface area contributed by atoms with E-state index >= 15 is 0 Å². The first-order chi connectivity index (χ1) is 10.9. The van der Waals surface area contributed by atoms with Crippen molar-refractivity contribution in [3.8, 4) is 0 Å². The number of aromatic carboxylic acids is 1. The quantitative estimate of drug-likeness (QED) is 0.716. The summed E-state index contributed by atoms with van der Waals surface area (Å²) in [7, 11) is 1.55. The van der Waals surface area contributed by atoms with Gasteiger partial charge in [0, 0.05) is 13.2 Å². The van der Waals surface area contributed by atoms with Gasteiger partial charge in [0.1, 0.15) is 11.4 Å². The Morgan fingerprint density at radius 3 is 2.57 bits per heavy atom. The van der Waals surface area contributed by atoms with Crippen molar-refractivity contribution in [3.63, 3.8) is 0 Å². The van der Waals surface area contributed by atoms with E-state index in [1.807, 2.05) is 13.8 Å². The van der Waals surface area contributed by atoms with Gasteiger partial charge in [0.25, 0.3) is 0 Å². The molecule has 0 amide bonds. The third-order valence-electron chi connectivity index (χ3n) is 3.68. The van der Waals surface area contributed by atoms with E-state index in [-0.39, 0.29) is 39.5 Å². The summed E-state index contributed by atoms with van der Waals surface area (Å²) < 4.78 is 5.58. The number of carboxylic acids is 1. The van der Waals surface area contributed by atoms with Crippen molar-refractivity contribution in [2.75, 3.05) is 12.4 Å². The summed E-state index contributed by atoms with van der Waals surface area (Å²) in [6.45, 7) is 3.99. The van der Waals surface area contributed by atoms with Crippen LogP contribution in [-0.2, 0) is 0 Å². The van der Waals surface area contributed by atoms with Crippen LogP contribution in [0.1, 0.15) is 35.7 Å². The summed E-state index contributed by atoms with van der Waals surface area (Å²) in [6, 6.07) is 3.01. The van der Waals surface area contributed by atoms with E-state index in [0.717, 1.165) is 5.56 Å². The number of hydrogen-bond acceptors (Lipinski definition) is 6. The maximum Gasteiger partial charge on any atom is 0.339 e. The molecule has 0 radical (unpaired) electrons. The highest BCUT2D eigenvalue weighted by atomic mass is 16.4. The lowest BCUT2D eigenvalue weighted by Crippen LogP contribution is -2.10. The van der Waals surface area contributed by atoms with Crippen molar-refractivity contribution >= 4 is 34.0 Å². The van der Waals surface area contributed by atoms with Crippen molar-refractivity contribution in [2.45, 2.75) is 19.8 Å². The third-order valence-corrected chi connectivity index (χ3v) is 3.68. The van der Waals surface area contributed by atoms with E-state index in [4.69, 9.17) is 4.42 Å². The molecule has 7 nitrogen and oxygen atoms in total. The molecular weight excluding hydrogens is 298 g/mol. The summed E-state index contributed by atoms with van der Waals surface area (Å²) in [5.41, 5.74) is 0.724. The zero-order valence-corrected chi connectivity index (χ0v) is 12.9. The average molecular weight is 313 g/mol. The minimum absolute atomic E-state index is 0.0571. The number of pyridine rings is 2. The van der Waals surface area contributed by atoms with Crippen molar-refractivity contribution < 1.29 is 14.3 Å². The fraction of sp³-hybridized carbons (Fsp3) is 0.250. The SMILES string of the molecule is CNc1nc2oc3ncc(C(C)C)cc3c(=O)c2cc1C(=O)O. The largest absolute Gasteiger partial charge is 0.478 e. The molecular formula is C16H15N3O4. The van der Waals surface area contributed by atoms with Gasteiger partial charge in [-0.3, -0.25) is 4.79 Å². The van der Waals surface area contributed by atoms with E-state index in [2.05, 4.69) is 15.3 Å². The first kappa shape index (κ1) is 15.0. The monoisotopic (exact) mass is 313 g/mol. The molecule has 3 aromatic heterocycles. The summed E-state index contributed by atoms with van der Waals surface area (Å²) in [6.07, 6.45) is 1.66. The van der Waals surface area contributed by atoms with E-state index < -0.39 is 5.97 Å². The average Bonchev–Trinajstić information content (AvgIpc) is 2.53. The Hall–Kier alpha value is -2.96. The standard InChI is InChI=1S/C16H15N3O4/c1-7(2)8-4-9-12(20)10-5-11(16(21)22)13(17-3)19-15(10)23-14(9)18-6-8/h4-7H,1-3H3,(H,17,19)(H,21,22).